The third-order valence-corrected chi connectivity index (χ3v) is 4.24. The van der Waals surface area contributed by atoms with Crippen LogP contribution in [0.15, 0.2) is 0 Å². The first-order valence-corrected chi connectivity index (χ1v) is 7.20. The lowest BCUT2D eigenvalue weighted by Gasteiger charge is -2.37. The van der Waals surface area contributed by atoms with Crippen LogP contribution in [0, 0.1) is 5.92 Å². The number of amides is 1. The van der Waals surface area contributed by atoms with Gasteiger partial charge in [-0.05, 0) is 44.4 Å². The topological polar surface area (TPSA) is 55.6 Å². The fourth-order valence-electron chi connectivity index (χ4n) is 2.97. The molecule has 0 aromatic rings. The Labute approximate surface area is 110 Å². The van der Waals surface area contributed by atoms with Crippen LogP contribution in [0.5, 0.6) is 0 Å². The molecule has 0 spiro atoms. The molecule has 1 atom stereocenters. The molecule has 2 aliphatic rings. The summed E-state index contributed by atoms with van der Waals surface area (Å²) >= 11 is 0. The Morgan fingerprint density at radius 2 is 1.72 bits per heavy atom. The molecule has 0 saturated heterocycles. The van der Waals surface area contributed by atoms with Gasteiger partial charge in [-0.15, -0.1) is 0 Å². The van der Waals surface area contributed by atoms with Crippen molar-refractivity contribution < 1.29 is 9.53 Å². The average Bonchev–Trinajstić information content (AvgIpc) is 3.16. The van der Waals surface area contributed by atoms with Gasteiger partial charge in [-0.25, -0.2) is 0 Å². The lowest BCUT2D eigenvalue weighted by atomic mass is 9.86. The summed E-state index contributed by atoms with van der Waals surface area (Å²) in [6.45, 7) is 2.63. The van der Waals surface area contributed by atoms with E-state index in [0.717, 1.165) is 31.6 Å². The number of rotatable bonds is 5. The molecule has 0 aliphatic heterocycles. The van der Waals surface area contributed by atoms with Crippen LogP contribution in [0.4, 0.5) is 0 Å². The van der Waals surface area contributed by atoms with Crippen LogP contribution in [0.3, 0.4) is 0 Å². The van der Waals surface area contributed by atoms with Crippen molar-refractivity contribution in [1.29, 1.82) is 0 Å². The number of carbonyl (C=O) groups excluding carboxylic acids is 1. The third kappa shape index (κ3) is 3.23. The summed E-state index contributed by atoms with van der Waals surface area (Å²) in [6.07, 6.45) is 7.06. The number of nitrogens with two attached hydrogens (primary N) is 1. The van der Waals surface area contributed by atoms with Gasteiger partial charge in [-0.2, -0.15) is 0 Å². The largest absolute Gasteiger partial charge is 0.383 e. The van der Waals surface area contributed by atoms with Gasteiger partial charge >= 0.3 is 0 Å². The van der Waals surface area contributed by atoms with E-state index >= 15 is 0 Å². The minimum atomic E-state index is -0.491. The van der Waals surface area contributed by atoms with Crippen molar-refractivity contribution in [2.24, 2.45) is 11.7 Å². The molecule has 1 unspecified atom stereocenters. The molecule has 0 radical (unpaired) electrons. The van der Waals surface area contributed by atoms with Crippen molar-refractivity contribution >= 4 is 5.91 Å². The van der Waals surface area contributed by atoms with Gasteiger partial charge in [-0.1, -0.05) is 6.92 Å². The van der Waals surface area contributed by atoms with Crippen LogP contribution in [-0.4, -0.2) is 42.6 Å². The molecule has 104 valence electrons. The first kappa shape index (κ1) is 13.8. The van der Waals surface area contributed by atoms with Gasteiger partial charge in [0.2, 0.25) is 5.91 Å². The molecule has 0 aromatic heterocycles. The Balaban J connectivity index is 1.97. The van der Waals surface area contributed by atoms with E-state index in [2.05, 4.69) is 11.8 Å². The standard InChI is InChI=1S/C14H26N2O2/c1-10-3-5-11(6-4-10)16(12-7-8-12)14(17)13(15)9-18-2/h10-13H,3-9,15H2,1-2H3. The summed E-state index contributed by atoms with van der Waals surface area (Å²) in [5, 5.41) is 0. The number of carbonyl (C=O) groups is 1. The first-order chi connectivity index (χ1) is 8.63. The Morgan fingerprint density at radius 3 is 2.17 bits per heavy atom. The van der Waals surface area contributed by atoms with Crippen molar-refractivity contribution in [2.75, 3.05) is 13.7 Å². The molecule has 1 amide bonds. The average molecular weight is 254 g/mol. The molecule has 0 bridgehead atoms. The molecular weight excluding hydrogens is 228 g/mol. The van der Waals surface area contributed by atoms with Crippen LogP contribution in [0.25, 0.3) is 0 Å². The lowest BCUT2D eigenvalue weighted by Crippen LogP contribution is -2.52. The predicted octanol–water partition coefficient (Wildman–Crippen LogP) is 1.53. The van der Waals surface area contributed by atoms with Gasteiger partial charge in [-0.3, -0.25) is 4.79 Å². The number of nitrogens with zero attached hydrogens (tertiary/aromatic N) is 1. The molecular formula is C14H26N2O2. The Bertz CT molecular complexity index is 284. The molecule has 0 aromatic carbocycles. The summed E-state index contributed by atoms with van der Waals surface area (Å²) in [5.74, 6) is 0.906. The Kier molecular flexibility index (Phi) is 4.62. The van der Waals surface area contributed by atoms with Crippen molar-refractivity contribution in [1.82, 2.24) is 4.90 Å². The molecule has 2 fully saturated rings. The van der Waals surface area contributed by atoms with Gasteiger partial charge in [0.05, 0.1) is 6.61 Å². The smallest absolute Gasteiger partial charge is 0.242 e. The van der Waals surface area contributed by atoms with E-state index in [1.54, 1.807) is 7.11 Å². The highest BCUT2D eigenvalue weighted by Crippen LogP contribution is 2.35. The molecule has 4 heteroatoms. The SMILES string of the molecule is COCC(N)C(=O)N(C1CCC(C)CC1)C1CC1. The highest BCUT2D eigenvalue weighted by Gasteiger charge is 2.39. The van der Waals surface area contributed by atoms with E-state index in [0.29, 0.717) is 18.7 Å². The predicted molar refractivity (Wildman–Crippen MR) is 71.1 cm³/mol. The monoisotopic (exact) mass is 254 g/mol. The maximum Gasteiger partial charge on any atom is 0.242 e. The van der Waals surface area contributed by atoms with Gasteiger partial charge < -0.3 is 15.4 Å². The normalized spacial score (nSPS) is 29.9. The van der Waals surface area contributed by atoms with E-state index in [1.165, 1.54) is 12.8 Å². The summed E-state index contributed by atoms with van der Waals surface area (Å²) in [5.41, 5.74) is 5.91. The summed E-state index contributed by atoms with van der Waals surface area (Å²) in [4.78, 5) is 14.5. The number of hydrogen-bond donors (Lipinski definition) is 1. The number of ether oxygens (including phenoxy) is 1. The van der Waals surface area contributed by atoms with Gasteiger partial charge in [0.15, 0.2) is 0 Å². The molecule has 2 aliphatic carbocycles. The minimum absolute atomic E-state index is 0.0962. The zero-order valence-electron chi connectivity index (χ0n) is 11.6. The Hall–Kier alpha value is -0.610. The summed E-state index contributed by atoms with van der Waals surface area (Å²) in [6, 6.07) is 0.387. The minimum Gasteiger partial charge on any atom is -0.383 e. The molecule has 4 nitrogen and oxygen atoms in total. The highest BCUT2D eigenvalue weighted by atomic mass is 16.5. The van der Waals surface area contributed by atoms with E-state index in [-0.39, 0.29) is 5.91 Å². The van der Waals surface area contributed by atoms with Crippen molar-refractivity contribution in [2.45, 2.75) is 63.6 Å². The van der Waals surface area contributed by atoms with E-state index in [4.69, 9.17) is 10.5 Å². The van der Waals surface area contributed by atoms with E-state index in [9.17, 15) is 4.79 Å². The fraction of sp³-hybridized carbons (Fsp3) is 0.929. The maximum atomic E-state index is 12.4. The highest BCUT2D eigenvalue weighted by molar-refractivity contribution is 5.82. The molecule has 0 heterocycles. The summed E-state index contributed by atoms with van der Waals surface area (Å²) < 4.78 is 5.01. The lowest BCUT2D eigenvalue weighted by molar-refractivity contribution is -0.137. The van der Waals surface area contributed by atoms with Gasteiger partial charge in [0, 0.05) is 19.2 Å². The maximum absolute atomic E-state index is 12.4. The fourth-order valence-corrected chi connectivity index (χ4v) is 2.97. The second kappa shape index (κ2) is 6.02. The van der Waals surface area contributed by atoms with Crippen LogP contribution in [0.1, 0.15) is 45.4 Å². The second-order valence-electron chi connectivity index (χ2n) is 5.95. The van der Waals surface area contributed by atoms with Crippen molar-refractivity contribution in [3.8, 4) is 0 Å². The third-order valence-electron chi connectivity index (χ3n) is 4.24. The van der Waals surface area contributed by atoms with Crippen molar-refractivity contribution in [3.63, 3.8) is 0 Å². The molecule has 2 saturated carbocycles. The van der Waals surface area contributed by atoms with Gasteiger partial charge in [0.1, 0.15) is 6.04 Å². The number of hydrogen-bond acceptors (Lipinski definition) is 3. The molecule has 18 heavy (non-hydrogen) atoms. The zero-order chi connectivity index (χ0) is 13.1. The van der Waals surface area contributed by atoms with Crippen LogP contribution >= 0.6 is 0 Å². The zero-order valence-corrected chi connectivity index (χ0v) is 11.6. The quantitative estimate of drug-likeness (QED) is 0.809. The summed E-state index contributed by atoms with van der Waals surface area (Å²) in [7, 11) is 1.59. The van der Waals surface area contributed by atoms with E-state index in [1.807, 2.05) is 0 Å². The van der Waals surface area contributed by atoms with Crippen LogP contribution < -0.4 is 5.73 Å². The van der Waals surface area contributed by atoms with E-state index < -0.39 is 6.04 Å². The van der Waals surface area contributed by atoms with Crippen LogP contribution in [-0.2, 0) is 9.53 Å². The van der Waals surface area contributed by atoms with Crippen LogP contribution in [0.2, 0.25) is 0 Å². The number of methoxy groups -OCH3 is 1. The Morgan fingerprint density at radius 1 is 1.22 bits per heavy atom. The molecule has 2 rings (SSSR count). The second-order valence-corrected chi connectivity index (χ2v) is 5.95. The first-order valence-electron chi connectivity index (χ1n) is 7.20. The van der Waals surface area contributed by atoms with Crippen molar-refractivity contribution in [3.05, 3.63) is 0 Å². The molecule has 2 N–H and O–H groups in total. The van der Waals surface area contributed by atoms with Gasteiger partial charge in [0.25, 0.3) is 0 Å².